The Morgan fingerprint density at radius 3 is 2.44 bits per heavy atom. The molecule has 0 aromatic carbocycles. The van der Waals surface area contributed by atoms with Gasteiger partial charge in [-0.2, -0.15) is 11.8 Å². The van der Waals surface area contributed by atoms with E-state index in [1.165, 1.54) is 0 Å². The van der Waals surface area contributed by atoms with Gasteiger partial charge in [-0.1, -0.05) is 13.8 Å². The van der Waals surface area contributed by atoms with E-state index in [1.807, 2.05) is 11.8 Å². The summed E-state index contributed by atoms with van der Waals surface area (Å²) in [5.74, 6) is -1.12. The molecule has 0 aromatic heterocycles. The highest BCUT2D eigenvalue weighted by molar-refractivity contribution is 7.99. The van der Waals surface area contributed by atoms with Crippen molar-refractivity contribution in [3.8, 4) is 0 Å². The van der Waals surface area contributed by atoms with Crippen molar-refractivity contribution < 1.29 is 14.7 Å². The van der Waals surface area contributed by atoms with Crippen molar-refractivity contribution in [2.24, 2.45) is 5.92 Å². The molecule has 1 aliphatic rings. The number of carboxylic acids is 1. The van der Waals surface area contributed by atoms with Gasteiger partial charge in [0.25, 0.3) is 0 Å². The first kappa shape index (κ1) is 15.1. The van der Waals surface area contributed by atoms with Gasteiger partial charge in [-0.05, 0) is 31.4 Å². The Balaban J connectivity index is 2.39. The minimum atomic E-state index is -0.992. The SMILES string of the molecule is CSC1CCC(NC(=O)N[C@H](C(=O)O)C(C)C)C1. The summed E-state index contributed by atoms with van der Waals surface area (Å²) < 4.78 is 0. The zero-order chi connectivity index (χ0) is 13.7. The quantitative estimate of drug-likeness (QED) is 0.712. The van der Waals surface area contributed by atoms with Crippen molar-refractivity contribution >= 4 is 23.8 Å². The van der Waals surface area contributed by atoms with Crippen LogP contribution in [-0.4, -0.2) is 40.7 Å². The van der Waals surface area contributed by atoms with E-state index in [4.69, 9.17) is 5.11 Å². The molecule has 0 aromatic rings. The summed E-state index contributed by atoms with van der Waals surface area (Å²) in [6.45, 7) is 3.55. The van der Waals surface area contributed by atoms with Crippen molar-refractivity contribution in [2.45, 2.75) is 50.4 Å². The van der Waals surface area contributed by atoms with E-state index in [0.717, 1.165) is 19.3 Å². The second-order valence-electron chi connectivity index (χ2n) is 5.05. The molecule has 0 heterocycles. The van der Waals surface area contributed by atoms with Crippen LogP contribution in [0.2, 0.25) is 0 Å². The zero-order valence-corrected chi connectivity index (χ0v) is 11.9. The van der Waals surface area contributed by atoms with Gasteiger partial charge in [0.05, 0.1) is 0 Å². The van der Waals surface area contributed by atoms with Crippen molar-refractivity contribution in [1.82, 2.24) is 10.6 Å². The molecule has 0 radical (unpaired) electrons. The Labute approximate surface area is 112 Å². The van der Waals surface area contributed by atoms with Crippen LogP contribution >= 0.6 is 11.8 Å². The monoisotopic (exact) mass is 274 g/mol. The van der Waals surface area contributed by atoms with Gasteiger partial charge >= 0.3 is 12.0 Å². The average molecular weight is 274 g/mol. The Morgan fingerprint density at radius 1 is 1.33 bits per heavy atom. The lowest BCUT2D eigenvalue weighted by molar-refractivity contribution is -0.140. The second-order valence-corrected chi connectivity index (χ2v) is 6.18. The lowest BCUT2D eigenvalue weighted by Crippen LogP contribution is -2.50. The van der Waals surface area contributed by atoms with E-state index in [2.05, 4.69) is 16.9 Å². The third-order valence-electron chi connectivity index (χ3n) is 3.27. The standard InChI is InChI=1S/C12H22N2O3S/c1-7(2)10(11(15)16)14-12(17)13-8-4-5-9(6-8)18-3/h7-10H,4-6H2,1-3H3,(H,15,16)(H2,13,14,17)/t8?,9?,10-/m0/s1. The van der Waals surface area contributed by atoms with Crippen LogP contribution < -0.4 is 10.6 Å². The number of hydrogen-bond donors (Lipinski definition) is 3. The van der Waals surface area contributed by atoms with Crippen LogP contribution in [-0.2, 0) is 4.79 Å². The minimum absolute atomic E-state index is 0.129. The Kier molecular flexibility index (Phi) is 5.78. The summed E-state index contributed by atoms with van der Waals surface area (Å²) >= 11 is 1.82. The smallest absolute Gasteiger partial charge is 0.326 e. The maximum atomic E-state index is 11.7. The minimum Gasteiger partial charge on any atom is -0.480 e. The molecule has 3 atom stereocenters. The maximum absolute atomic E-state index is 11.7. The number of thioether (sulfide) groups is 1. The maximum Gasteiger partial charge on any atom is 0.326 e. The average Bonchev–Trinajstić information content (AvgIpc) is 2.72. The van der Waals surface area contributed by atoms with Crippen molar-refractivity contribution in [1.29, 1.82) is 0 Å². The number of rotatable bonds is 5. The molecule has 0 spiro atoms. The molecule has 5 nitrogen and oxygen atoms in total. The van der Waals surface area contributed by atoms with Crippen molar-refractivity contribution in [3.63, 3.8) is 0 Å². The van der Waals surface area contributed by atoms with Crippen LogP contribution in [0.25, 0.3) is 0 Å². The fourth-order valence-electron chi connectivity index (χ4n) is 2.17. The predicted molar refractivity (Wildman–Crippen MR) is 72.9 cm³/mol. The van der Waals surface area contributed by atoms with Gasteiger partial charge in [-0.15, -0.1) is 0 Å². The van der Waals surface area contributed by atoms with Crippen molar-refractivity contribution in [3.05, 3.63) is 0 Å². The summed E-state index contributed by atoms with van der Waals surface area (Å²) in [5, 5.41) is 15.0. The number of hydrogen-bond acceptors (Lipinski definition) is 3. The van der Waals surface area contributed by atoms with E-state index < -0.39 is 12.0 Å². The third-order valence-corrected chi connectivity index (χ3v) is 4.37. The first-order valence-electron chi connectivity index (χ1n) is 6.26. The second kappa shape index (κ2) is 6.87. The molecule has 3 N–H and O–H groups in total. The molecule has 1 rings (SSSR count). The molecular weight excluding hydrogens is 252 g/mol. The van der Waals surface area contributed by atoms with Crippen LogP contribution in [0.3, 0.4) is 0 Å². The number of urea groups is 1. The van der Waals surface area contributed by atoms with Crippen molar-refractivity contribution in [2.75, 3.05) is 6.26 Å². The highest BCUT2D eigenvalue weighted by Crippen LogP contribution is 2.27. The molecule has 1 fully saturated rings. The van der Waals surface area contributed by atoms with Gasteiger partial charge in [0.15, 0.2) is 0 Å². The number of carbonyl (C=O) groups is 2. The molecular formula is C12H22N2O3S. The lowest BCUT2D eigenvalue weighted by atomic mass is 10.1. The molecule has 1 saturated carbocycles. The molecule has 18 heavy (non-hydrogen) atoms. The summed E-state index contributed by atoms with van der Waals surface area (Å²) in [6.07, 6.45) is 5.12. The van der Waals surface area contributed by atoms with Gasteiger partial charge in [0.2, 0.25) is 0 Å². The van der Waals surface area contributed by atoms with E-state index >= 15 is 0 Å². The van der Waals surface area contributed by atoms with Crippen LogP contribution in [0, 0.1) is 5.92 Å². The molecule has 104 valence electrons. The highest BCUT2D eigenvalue weighted by Gasteiger charge is 2.28. The predicted octanol–water partition coefficient (Wildman–Crippen LogP) is 1.68. The summed E-state index contributed by atoms with van der Waals surface area (Å²) in [7, 11) is 0. The fraction of sp³-hybridized carbons (Fsp3) is 0.833. The Hall–Kier alpha value is -0.910. The lowest BCUT2D eigenvalue weighted by Gasteiger charge is -2.20. The molecule has 1 aliphatic carbocycles. The summed E-state index contributed by atoms with van der Waals surface area (Å²) in [4.78, 5) is 22.7. The van der Waals surface area contributed by atoms with E-state index in [0.29, 0.717) is 5.25 Å². The zero-order valence-electron chi connectivity index (χ0n) is 11.1. The number of carboxylic acid groups (broad SMARTS) is 1. The largest absolute Gasteiger partial charge is 0.480 e. The summed E-state index contributed by atoms with van der Waals surface area (Å²) in [6, 6.07) is -1.03. The first-order chi connectivity index (χ1) is 8.43. The van der Waals surface area contributed by atoms with Gasteiger partial charge in [0, 0.05) is 11.3 Å². The number of aliphatic carboxylic acids is 1. The normalized spacial score (nSPS) is 24.9. The first-order valence-corrected chi connectivity index (χ1v) is 7.55. The number of nitrogens with one attached hydrogen (secondary N) is 2. The molecule has 2 unspecified atom stereocenters. The number of carbonyl (C=O) groups excluding carboxylic acids is 1. The molecule has 2 amide bonds. The third kappa shape index (κ3) is 4.40. The topological polar surface area (TPSA) is 78.4 Å². The Morgan fingerprint density at radius 2 is 2.00 bits per heavy atom. The molecule has 6 heteroatoms. The van der Waals surface area contributed by atoms with Crippen LogP contribution in [0.4, 0.5) is 4.79 Å². The van der Waals surface area contributed by atoms with Crippen LogP contribution in [0.5, 0.6) is 0 Å². The molecule has 0 bridgehead atoms. The summed E-state index contributed by atoms with van der Waals surface area (Å²) in [5.41, 5.74) is 0. The van der Waals surface area contributed by atoms with Crippen LogP contribution in [0.1, 0.15) is 33.1 Å². The molecule has 0 saturated heterocycles. The Bertz CT molecular complexity index is 310. The molecule has 0 aliphatic heterocycles. The van der Waals surface area contributed by atoms with Gasteiger partial charge < -0.3 is 15.7 Å². The fourth-order valence-corrected chi connectivity index (χ4v) is 2.96. The van der Waals surface area contributed by atoms with Gasteiger partial charge in [0.1, 0.15) is 6.04 Å². The number of amides is 2. The van der Waals surface area contributed by atoms with E-state index in [-0.39, 0.29) is 18.0 Å². The van der Waals surface area contributed by atoms with Gasteiger partial charge in [-0.25, -0.2) is 9.59 Å². The van der Waals surface area contributed by atoms with Crippen LogP contribution in [0.15, 0.2) is 0 Å². The highest BCUT2D eigenvalue weighted by atomic mass is 32.2. The van der Waals surface area contributed by atoms with E-state index in [1.54, 1.807) is 13.8 Å². The van der Waals surface area contributed by atoms with Gasteiger partial charge in [-0.3, -0.25) is 0 Å². The van der Waals surface area contributed by atoms with E-state index in [9.17, 15) is 9.59 Å².